The van der Waals surface area contributed by atoms with Gasteiger partial charge in [-0.25, -0.2) is 0 Å². The van der Waals surface area contributed by atoms with Gasteiger partial charge >= 0.3 is 5.97 Å². The monoisotopic (exact) mass is 416 g/mol. The molecule has 0 aliphatic rings. The van der Waals surface area contributed by atoms with E-state index in [0.29, 0.717) is 28.4 Å². The highest BCUT2D eigenvalue weighted by Crippen LogP contribution is 2.25. The Balaban J connectivity index is 1.88. The summed E-state index contributed by atoms with van der Waals surface area (Å²) in [5.41, 5.74) is 1.85. The van der Waals surface area contributed by atoms with Crippen molar-refractivity contribution in [3.05, 3.63) is 59.2 Å². The summed E-state index contributed by atoms with van der Waals surface area (Å²) in [5, 5.41) is 0. The number of carbonyl (C=O) groups is 3. The second-order valence-electron chi connectivity index (χ2n) is 6.30. The molecule has 2 aromatic rings. The minimum Gasteiger partial charge on any atom is -0.497 e. The van der Waals surface area contributed by atoms with Crippen molar-refractivity contribution in [2.75, 3.05) is 20.0 Å². The molecule has 0 radical (unpaired) electrons. The normalized spacial score (nSPS) is 11.4. The van der Waals surface area contributed by atoms with Crippen LogP contribution >= 0.6 is 11.8 Å². The summed E-state index contributed by atoms with van der Waals surface area (Å²) >= 11 is 1.33. The van der Waals surface area contributed by atoms with Gasteiger partial charge in [0.05, 0.1) is 20.0 Å². The van der Waals surface area contributed by atoms with E-state index in [-0.39, 0.29) is 17.3 Å². The maximum atomic E-state index is 12.4. The van der Waals surface area contributed by atoms with Crippen molar-refractivity contribution in [2.45, 2.75) is 25.7 Å². The maximum absolute atomic E-state index is 12.4. The molecule has 0 aromatic heterocycles. The van der Waals surface area contributed by atoms with Gasteiger partial charge in [-0.2, -0.15) is 0 Å². The highest BCUT2D eigenvalue weighted by molar-refractivity contribution is 7.99. The Morgan fingerprint density at radius 1 is 0.966 bits per heavy atom. The van der Waals surface area contributed by atoms with E-state index >= 15 is 0 Å². The van der Waals surface area contributed by atoms with Gasteiger partial charge in [0.2, 0.25) is 5.78 Å². The number of hydrogen-bond acceptors (Lipinski definition) is 7. The lowest BCUT2D eigenvalue weighted by Gasteiger charge is -2.13. The van der Waals surface area contributed by atoms with E-state index in [4.69, 9.17) is 14.2 Å². The van der Waals surface area contributed by atoms with Crippen molar-refractivity contribution < 1.29 is 28.6 Å². The Kier molecular flexibility index (Phi) is 8.27. The van der Waals surface area contributed by atoms with Crippen molar-refractivity contribution in [3.8, 4) is 11.5 Å². The second kappa shape index (κ2) is 10.7. The predicted molar refractivity (Wildman–Crippen MR) is 112 cm³/mol. The molecule has 1 atom stereocenters. The van der Waals surface area contributed by atoms with Crippen LogP contribution in [0.15, 0.2) is 42.5 Å². The van der Waals surface area contributed by atoms with Gasteiger partial charge in [-0.15, -0.1) is 11.8 Å². The topological polar surface area (TPSA) is 78.9 Å². The van der Waals surface area contributed by atoms with Crippen LogP contribution in [0.1, 0.15) is 40.1 Å². The van der Waals surface area contributed by atoms with Crippen LogP contribution < -0.4 is 9.47 Å². The SMILES string of the molecule is COc1ccc(C(=O)[C@H](C)OC(=O)CSCc2cc(C(C)=O)ccc2OC)cc1. The fourth-order valence-electron chi connectivity index (χ4n) is 2.63. The second-order valence-corrected chi connectivity index (χ2v) is 7.29. The summed E-state index contributed by atoms with van der Waals surface area (Å²) < 4.78 is 15.6. The van der Waals surface area contributed by atoms with Gasteiger partial charge in [-0.3, -0.25) is 14.4 Å². The zero-order chi connectivity index (χ0) is 21.4. The van der Waals surface area contributed by atoms with Gasteiger partial charge in [0.25, 0.3) is 0 Å². The Hall–Kier alpha value is -2.80. The van der Waals surface area contributed by atoms with E-state index in [2.05, 4.69) is 0 Å². The smallest absolute Gasteiger partial charge is 0.316 e. The maximum Gasteiger partial charge on any atom is 0.316 e. The summed E-state index contributed by atoms with van der Waals surface area (Å²) in [6, 6.07) is 11.8. The van der Waals surface area contributed by atoms with Crippen LogP contribution in [-0.4, -0.2) is 43.6 Å². The van der Waals surface area contributed by atoms with Crippen LogP contribution in [0.5, 0.6) is 11.5 Å². The third kappa shape index (κ3) is 6.35. The predicted octanol–water partition coefficient (Wildman–Crippen LogP) is 3.95. The fraction of sp³-hybridized carbons (Fsp3) is 0.318. The standard InChI is InChI=1S/C22H24O6S/c1-14(23)17-7-10-20(27-4)18(11-17)12-29-13-21(24)28-15(2)22(25)16-5-8-19(26-3)9-6-16/h5-11,15H,12-13H2,1-4H3/t15-/m0/s1. The molecule has 0 saturated heterocycles. The number of ether oxygens (including phenoxy) is 3. The van der Waals surface area contributed by atoms with Gasteiger partial charge in [0, 0.05) is 22.4 Å². The van der Waals surface area contributed by atoms with Gasteiger partial charge in [-0.1, -0.05) is 0 Å². The molecule has 0 unspecified atom stereocenters. The Labute approximate surface area is 174 Å². The van der Waals surface area contributed by atoms with Gasteiger partial charge < -0.3 is 14.2 Å². The van der Waals surface area contributed by atoms with Crippen LogP contribution in [-0.2, 0) is 15.3 Å². The molecule has 0 N–H and O–H groups in total. The molecule has 0 spiro atoms. The highest BCUT2D eigenvalue weighted by Gasteiger charge is 2.19. The molecule has 0 heterocycles. The number of methoxy groups -OCH3 is 2. The number of benzene rings is 2. The Bertz CT molecular complexity index is 875. The van der Waals surface area contributed by atoms with Crippen LogP contribution in [0.3, 0.4) is 0 Å². The molecule has 0 bridgehead atoms. The van der Waals surface area contributed by atoms with E-state index < -0.39 is 12.1 Å². The minimum atomic E-state index is -0.882. The lowest BCUT2D eigenvalue weighted by atomic mass is 10.1. The average Bonchev–Trinajstić information content (AvgIpc) is 2.73. The van der Waals surface area contributed by atoms with Gasteiger partial charge in [0.15, 0.2) is 11.9 Å². The number of carbonyl (C=O) groups excluding carboxylic acids is 3. The van der Waals surface area contributed by atoms with Crippen LogP contribution in [0.2, 0.25) is 0 Å². The van der Waals surface area contributed by atoms with Gasteiger partial charge in [-0.05, 0) is 56.3 Å². The third-order valence-electron chi connectivity index (χ3n) is 4.22. The first-order chi connectivity index (χ1) is 13.8. The molecule has 2 rings (SSSR count). The summed E-state index contributed by atoms with van der Waals surface area (Å²) in [4.78, 5) is 36.1. The molecule has 0 saturated carbocycles. The number of esters is 1. The van der Waals surface area contributed by atoms with E-state index in [0.717, 1.165) is 5.56 Å². The summed E-state index contributed by atoms with van der Waals surface area (Å²) in [6.45, 7) is 3.05. The van der Waals surface area contributed by atoms with Crippen molar-refractivity contribution in [3.63, 3.8) is 0 Å². The molecule has 154 valence electrons. The molecule has 2 aromatic carbocycles. The number of Topliss-reactive ketones (excluding diaryl/α,β-unsaturated/α-hetero) is 2. The van der Waals surface area contributed by atoms with Gasteiger partial charge in [0.1, 0.15) is 11.5 Å². The number of rotatable bonds is 10. The van der Waals surface area contributed by atoms with Crippen LogP contribution in [0.4, 0.5) is 0 Å². The molecular formula is C22H24O6S. The molecule has 0 aliphatic heterocycles. The molecule has 0 aliphatic carbocycles. The third-order valence-corrected chi connectivity index (χ3v) is 5.17. The molecule has 0 fully saturated rings. The molecule has 6 nitrogen and oxygen atoms in total. The zero-order valence-electron chi connectivity index (χ0n) is 16.9. The highest BCUT2D eigenvalue weighted by atomic mass is 32.2. The quantitative estimate of drug-likeness (QED) is 0.428. The van der Waals surface area contributed by atoms with Crippen LogP contribution in [0.25, 0.3) is 0 Å². The Morgan fingerprint density at radius 2 is 1.62 bits per heavy atom. The van der Waals surface area contributed by atoms with E-state index in [1.165, 1.54) is 18.7 Å². The van der Waals surface area contributed by atoms with Crippen molar-refractivity contribution in [1.29, 1.82) is 0 Å². The molecule has 29 heavy (non-hydrogen) atoms. The number of hydrogen-bond donors (Lipinski definition) is 0. The first kappa shape index (κ1) is 22.5. The number of ketones is 2. The van der Waals surface area contributed by atoms with Crippen LogP contribution in [0, 0.1) is 0 Å². The van der Waals surface area contributed by atoms with E-state index in [1.807, 2.05) is 0 Å². The van der Waals surface area contributed by atoms with E-state index in [9.17, 15) is 14.4 Å². The average molecular weight is 416 g/mol. The summed E-state index contributed by atoms with van der Waals surface area (Å²) in [5.74, 6) is 1.05. The minimum absolute atomic E-state index is 0.0378. The first-order valence-electron chi connectivity index (χ1n) is 8.99. The number of thioether (sulfide) groups is 1. The lowest BCUT2D eigenvalue weighted by molar-refractivity contribution is -0.143. The Morgan fingerprint density at radius 3 is 2.21 bits per heavy atom. The first-order valence-corrected chi connectivity index (χ1v) is 10.1. The fourth-order valence-corrected chi connectivity index (χ4v) is 3.41. The van der Waals surface area contributed by atoms with Crippen molar-refractivity contribution in [2.24, 2.45) is 0 Å². The summed E-state index contributed by atoms with van der Waals surface area (Å²) in [7, 11) is 3.10. The molecule has 0 amide bonds. The molecular weight excluding hydrogens is 392 g/mol. The zero-order valence-corrected chi connectivity index (χ0v) is 17.7. The van der Waals surface area contributed by atoms with Crippen molar-refractivity contribution >= 4 is 29.3 Å². The molecule has 7 heteroatoms. The largest absolute Gasteiger partial charge is 0.497 e. The lowest BCUT2D eigenvalue weighted by Crippen LogP contribution is -2.25. The van der Waals surface area contributed by atoms with E-state index in [1.54, 1.807) is 63.6 Å². The summed E-state index contributed by atoms with van der Waals surface area (Å²) in [6.07, 6.45) is -0.882. The van der Waals surface area contributed by atoms with Crippen molar-refractivity contribution in [1.82, 2.24) is 0 Å².